The molecule has 0 spiro atoms. The predicted molar refractivity (Wildman–Crippen MR) is 114 cm³/mol. The topological polar surface area (TPSA) is 60.4 Å². The Balaban J connectivity index is 2.28. The van der Waals surface area contributed by atoms with Crippen molar-refractivity contribution < 1.29 is 18.7 Å². The first-order chi connectivity index (χ1) is 12.9. The van der Waals surface area contributed by atoms with E-state index in [0.717, 1.165) is 5.56 Å². The van der Waals surface area contributed by atoms with Gasteiger partial charge in [0.15, 0.2) is 0 Å². The van der Waals surface area contributed by atoms with Gasteiger partial charge < -0.3 is 13.9 Å². The number of benzene rings is 1. The summed E-state index contributed by atoms with van der Waals surface area (Å²) in [4.78, 5) is 18.4. The Kier molecular flexibility index (Phi) is 7.06. The average molecular weight is 405 g/mol. The van der Waals surface area contributed by atoms with E-state index >= 15 is 0 Å². The van der Waals surface area contributed by atoms with Crippen molar-refractivity contribution in [3.05, 3.63) is 48.0 Å². The first-order valence-corrected chi connectivity index (χ1v) is 13.0. The first kappa shape index (κ1) is 22.2. The molecule has 0 N–H and O–H groups in total. The fourth-order valence-corrected chi connectivity index (χ4v) is 3.53. The lowest BCUT2D eigenvalue weighted by Gasteiger charge is -2.24. The molecule has 154 valence electrons. The summed E-state index contributed by atoms with van der Waals surface area (Å²) in [5.41, 5.74) is 0.733. The van der Waals surface area contributed by atoms with E-state index in [9.17, 15) is 4.79 Å². The van der Waals surface area contributed by atoms with E-state index in [4.69, 9.17) is 13.9 Å². The third kappa shape index (κ3) is 7.13. The van der Waals surface area contributed by atoms with Crippen molar-refractivity contribution in [1.82, 2.24) is 4.90 Å². The highest BCUT2D eigenvalue weighted by atomic mass is 28.4. The van der Waals surface area contributed by atoms with Crippen LogP contribution in [0.1, 0.15) is 39.3 Å². The summed E-state index contributed by atoms with van der Waals surface area (Å²) in [7, 11) is -1.94. The molecule has 0 saturated carbocycles. The lowest BCUT2D eigenvalue weighted by molar-refractivity contribution is -0.0194. The molecule has 1 aromatic rings. The van der Waals surface area contributed by atoms with Crippen LogP contribution in [0.2, 0.25) is 19.6 Å². The smallest absolute Gasteiger partial charge is 0.414 e. The van der Waals surface area contributed by atoms with Gasteiger partial charge in [-0.1, -0.05) is 30.3 Å². The van der Waals surface area contributed by atoms with E-state index in [0.29, 0.717) is 12.5 Å². The molecular weight excluding hydrogens is 372 g/mol. The number of rotatable bonds is 7. The van der Waals surface area contributed by atoms with Crippen molar-refractivity contribution in [1.29, 1.82) is 0 Å². The molecule has 1 aliphatic rings. The summed E-state index contributed by atoms with van der Waals surface area (Å²) >= 11 is 0. The maximum atomic E-state index is 12.3. The van der Waals surface area contributed by atoms with E-state index in [1.807, 2.05) is 58.0 Å². The molecule has 1 fully saturated rings. The molecule has 7 heteroatoms. The van der Waals surface area contributed by atoms with Crippen molar-refractivity contribution in [2.45, 2.75) is 65.1 Å². The highest BCUT2D eigenvalue weighted by molar-refractivity contribution is 6.70. The number of amides is 1. The second-order valence-corrected chi connectivity index (χ2v) is 13.2. The quantitative estimate of drug-likeness (QED) is 0.360. The van der Waals surface area contributed by atoms with Crippen molar-refractivity contribution in [2.24, 2.45) is 4.99 Å². The highest BCUT2D eigenvalue weighted by Crippen LogP contribution is 2.29. The van der Waals surface area contributed by atoms with E-state index in [2.05, 4.69) is 24.6 Å². The molecule has 6 nitrogen and oxygen atoms in total. The summed E-state index contributed by atoms with van der Waals surface area (Å²) in [6.45, 7) is 14.4. The van der Waals surface area contributed by atoms with Gasteiger partial charge in [0.1, 0.15) is 6.61 Å². The molecule has 0 unspecified atom stereocenters. The van der Waals surface area contributed by atoms with Crippen molar-refractivity contribution in [3.63, 3.8) is 0 Å². The van der Waals surface area contributed by atoms with Crippen LogP contribution in [0.25, 0.3) is 0 Å². The van der Waals surface area contributed by atoms with Crippen molar-refractivity contribution in [3.8, 4) is 0 Å². The van der Waals surface area contributed by atoms with Crippen LogP contribution in [0.15, 0.2) is 47.4 Å². The molecule has 0 aliphatic carbocycles. The molecule has 2 atom stereocenters. The monoisotopic (exact) mass is 404 g/mol. The normalized spacial score (nSPS) is 19.8. The highest BCUT2D eigenvalue weighted by Gasteiger charge is 2.34. The van der Waals surface area contributed by atoms with E-state index in [-0.39, 0.29) is 17.7 Å². The third-order valence-electron chi connectivity index (χ3n) is 3.71. The molecule has 2 rings (SSSR count). The Morgan fingerprint density at radius 3 is 2.50 bits per heavy atom. The van der Waals surface area contributed by atoms with Gasteiger partial charge in [-0.15, -0.1) is 0 Å². The average Bonchev–Trinajstić information content (AvgIpc) is 2.91. The van der Waals surface area contributed by atoms with Gasteiger partial charge in [0.2, 0.25) is 14.2 Å². The number of aliphatic imine (C=N–C) groups is 1. The molecule has 1 aliphatic heterocycles. The molecular formula is C21H32N2O4Si. The number of carbonyl (C=O) groups excluding carboxylic acids is 1. The number of carbonyl (C=O) groups is 1. The van der Waals surface area contributed by atoms with Crippen LogP contribution < -0.4 is 0 Å². The number of hydrogen-bond acceptors (Lipinski definition) is 5. The van der Waals surface area contributed by atoms with Crippen molar-refractivity contribution >= 4 is 20.6 Å². The van der Waals surface area contributed by atoms with E-state index in [1.165, 1.54) is 0 Å². The van der Waals surface area contributed by atoms with Gasteiger partial charge >= 0.3 is 6.09 Å². The van der Waals surface area contributed by atoms with Crippen LogP contribution in [-0.2, 0) is 13.9 Å². The summed E-state index contributed by atoms with van der Waals surface area (Å²) < 4.78 is 17.3. The number of hydrogen-bond donors (Lipinski definition) is 0. The summed E-state index contributed by atoms with van der Waals surface area (Å²) in [6, 6.07) is 9.60. The zero-order valence-corrected chi connectivity index (χ0v) is 18.9. The lowest BCUT2D eigenvalue weighted by atomic mass is 10.1. The first-order valence-electron chi connectivity index (χ1n) is 9.57. The Bertz CT molecular complexity index is 720. The number of ether oxygens (including phenoxy) is 2. The zero-order valence-electron chi connectivity index (χ0n) is 17.9. The second-order valence-electron chi connectivity index (χ2n) is 8.81. The minimum absolute atomic E-state index is 0.191. The fourth-order valence-electron chi connectivity index (χ4n) is 2.79. The number of cyclic esters (lactones) is 1. The lowest BCUT2D eigenvalue weighted by Crippen LogP contribution is -2.28. The minimum Gasteiger partial charge on any atom is -0.530 e. The zero-order chi connectivity index (χ0) is 20.9. The third-order valence-corrected chi connectivity index (χ3v) is 4.53. The Labute approximate surface area is 169 Å². The fraction of sp³-hybridized carbons (Fsp3) is 0.524. The van der Waals surface area contributed by atoms with Gasteiger partial charge in [-0.2, -0.15) is 0 Å². The van der Waals surface area contributed by atoms with Crippen LogP contribution in [0.3, 0.4) is 0 Å². The molecule has 0 aromatic heterocycles. The Morgan fingerprint density at radius 1 is 1.29 bits per heavy atom. The summed E-state index contributed by atoms with van der Waals surface area (Å²) in [5, 5.41) is 0. The maximum absolute atomic E-state index is 12.3. The van der Waals surface area contributed by atoms with Gasteiger partial charge in [0.25, 0.3) is 0 Å². The van der Waals surface area contributed by atoms with Gasteiger partial charge in [-0.25, -0.2) is 9.79 Å². The standard InChI is InChI=1S/C21H32N2O4Si/c1-16(26-21(2,3)4)13-22-19(27-28(5,6)7)14-23-18(15-25-20(23)24)17-11-9-8-10-12-17/h8-14,16,18H,15H2,1-7H3/b19-14+,22-13+/t16-,18+/m0/s1. The van der Waals surface area contributed by atoms with Gasteiger partial charge in [0, 0.05) is 6.21 Å². The Hall–Kier alpha value is -2.12. The molecule has 1 amide bonds. The van der Waals surface area contributed by atoms with Gasteiger partial charge in [-0.3, -0.25) is 4.90 Å². The SMILES string of the molecule is C[C@@H](/C=N/C(=C\N1C(=O)OC[C@@H]1c1ccccc1)O[Si](C)(C)C)OC(C)(C)C. The molecule has 28 heavy (non-hydrogen) atoms. The molecule has 1 saturated heterocycles. The molecule has 1 heterocycles. The van der Waals surface area contributed by atoms with Crippen LogP contribution in [0.4, 0.5) is 4.79 Å². The predicted octanol–water partition coefficient (Wildman–Crippen LogP) is 5.10. The van der Waals surface area contributed by atoms with Crippen molar-refractivity contribution in [2.75, 3.05) is 6.61 Å². The minimum atomic E-state index is -1.94. The Morgan fingerprint density at radius 2 is 1.93 bits per heavy atom. The summed E-state index contributed by atoms with van der Waals surface area (Å²) in [6.07, 6.45) is 2.76. The molecule has 0 bridgehead atoms. The largest absolute Gasteiger partial charge is 0.530 e. The number of nitrogens with zero attached hydrogens (tertiary/aromatic N) is 2. The van der Waals surface area contributed by atoms with Gasteiger partial charge in [0.05, 0.1) is 23.9 Å². The van der Waals surface area contributed by atoms with E-state index in [1.54, 1.807) is 17.3 Å². The second kappa shape index (κ2) is 8.92. The summed E-state index contributed by atoms with van der Waals surface area (Å²) in [5.74, 6) is 0.392. The molecule has 0 radical (unpaired) electrons. The van der Waals surface area contributed by atoms with Crippen LogP contribution in [0, 0.1) is 0 Å². The van der Waals surface area contributed by atoms with E-state index < -0.39 is 14.4 Å². The van der Waals surface area contributed by atoms with Crippen LogP contribution in [-0.4, -0.2) is 43.8 Å². The maximum Gasteiger partial charge on any atom is 0.414 e. The van der Waals surface area contributed by atoms with Crippen LogP contribution >= 0.6 is 0 Å². The van der Waals surface area contributed by atoms with Crippen LogP contribution in [0.5, 0.6) is 0 Å². The molecule has 1 aromatic carbocycles. The van der Waals surface area contributed by atoms with Gasteiger partial charge in [-0.05, 0) is 52.9 Å².